The Morgan fingerprint density at radius 1 is 0.647 bits per heavy atom. The molecule has 0 bridgehead atoms. The number of likely N-dealkylation sites (N-methyl/N-ethyl adjacent to an activating group) is 1. The molecule has 2 heteroatoms. The van der Waals surface area contributed by atoms with Crippen molar-refractivity contribution in [2.75, 3.05) is 13.1 Å². The van der Waals surface area contributed by atoms with Gasteiger partial charge < -0.3 is 9.80 Å². The molecule has 0 N–H and O–H groups in total. The van der Waals surface area contributed by atoms with Gasteiger partial charge in [-0.25, -0.2) is 0 Å². The highest BCUT2D eigenvalue weighted by atomic mass is 15.4. The molecule has 2 aromatic rings. The number of benzene rings is 2. The van der Waals surface area contributed by atoms with Crippen LogP contribution in [0.4, 0.5) is 0 Å². The van der Waals surface area contributed by atoms with Crippen molar-refractivity contribution in [3.05, 3.63) is 84.2 Å². The monoisotopic (exact) mass is 460 g/mol. The maximum atomic E-state index is 2.70. The van der Waals surface area contributed by atoms with Crippen molar-refractivity contribution >= 4 is 0 Å². The molecule has 1 heterocycles. The molecule has 0 fully saturated rings. The number of unbranched alkanes of at least 4 members (excludes halogenated alkanes) is 8. The molecule has 0 aliphatic carbocycles. The van der Waals surface area contributed by atoms with Crippen LogP contribution in [-0.4, -0.2) is 28.6 Å². The lowest BCUT2D eigenvalue weighted by atomic mass is 9.78. The molecule has 1 aliphatic heterocycles. The first-order chi connectivity index (χ1) is 16.8. The van der Waals surface area contributed by atoms with E-state index in [0.717, 1.165) is 25.9 Å². The lowest BCUT2D eigenvalue weighted by Gasteiger charge is -2.51. The lowest BCUT2D eigenvalue weighted by molar-refractivity contribution is -0.00000791. The normalized spacial score (nSPS) is 18.6. The van der Waals surface area contributed by atoms with Crippen molar-refractivity contribution in [2.45, 2.75) is 103 Å². The van der Waals surface area contributed by atoms with Crippen LogP contribution in [0.25, 0.3) is 0 Å². The molecule has 0 radical (unpaired) electrons. The molecule has 2 atom stereocenters. The average molecular weight is 461 g/mol. The zero-order valence-electron chi connectivity index (χ0n) is 22.1. The van der Waals surface area contributed by atoms with E-state index in [2.05, 4.69) is 104 Å². The summed E-state index contributed by atoms with van der Waals surface area (Å²) < 4.78 is 0. The number of hydrogen-bond donors (Lipinski definition) is 0. The predicted molar refractivity (Wildman–Crippen MR) is 148 cm³/mol. The Bertz CT molecular complexity index is 815. The molecule has 2 nitrogen and oxygen atoms in total. The lowest BCUT2D eigenvalue weighted by Crippen LogP contribution is -2.59. The van der Waals surface area contributed by atoms with Gasteiger partial charge in [-0.15, -0.1) is 0 Å². The zero-order valence-corrected chi connectivity index (χ0v) is 22.1. The topological polar surface area (TPSA) is 6.48 Å². The van der Waals surface area contributed by atoms with Crippen molar-refractivity contribution in [2.24, 2.45) is 0 Å². The summed E-state index contributed by atoms with van der Waals surface area (Å²) in [7, 11) is 0. The fourth-order valence-electron chi connectivity index (χ4n) is 5.96. The van der Waals surface area contributed by atoms with Crippen LogP contribution >= 0.6 is 0 Å². The number of rotatable bonds is 16. The molecule has 3 rings (SSSR count). The number of hydrogen-bond acceptors (Lipinski definition) is 2. The summed E-state index contributed by atoms with van der Waals surface area (Å²) in [6, 6.07) is 22.4. The van der Waals surface area contributed by atoms with Crippen molar-refractivity contribution < 1.29 is 0 Å². The van der Waals surface area contributed by atoms with Gasteiger partial charge in [0.2, 0.25) is 0 Å². The smallest absolute Gasteiger partial charge is 0.123 e. The van der Waals surface area contributed by atoms with Gasteiger partial charge in [-0.05, 0) is 30.9 Å². The Balaban J connectivity index is 1.74. The second-order valence-electron chi connectivity index (χ2n) is 10.0. The highest BCUT2D eigenvalue weighted by Gasteiger charge is 2.48. The predicted octanol–water partition coefficient (Wildman–Crippen LogP) is 8.76. The summed E-state index contributed by atoms with van der Waals surface area (Å²) in [5.74, 6) is 0.447. The number of nitrogens with zero attached hydrogens (tertiary/aromatic N) is 2. The van der Waals surface area contributed by atoms with Gasteiger partial charge in [0.1, 0.15) is 5.66 Å². The van der Waals surface area contributed by atoms with Crippen LogP contribution in [-0.2, 0) is 6.42 Å². The summed E-state index contributed by atoms with van der Waals surface area (Å²) >= 11 is 0. The Hall–Kier alpha value is -2.22. The minimum atomic E-state index is -0.0492. The van der Waals surface area contributed by atoms with Crippen LogP contribution in [0.5, 0.6) is 0 Å². The maximum Gasteiger partial charge on any atom is 0.123 e. The highest BCUT2D eigenvalue weighted by molar-refractivity contribution is 5.30. The summed E-state index contributed by atoms with van der Waals surface area (Å²) in [5.41, 5.74) is 2.84. The molecule has 1 aliphatic rings. The van der Waals surface area contributed by atoms with E-state index < -0.39 is 0 Å². The van der Waals surface area contributed by atoms with Crippen molar-refractivity contribution in [3.8, 4) is 0 Å². The summed E-state index contributed by atoms with van der Waals surface area (Å²) in [4.78, 5) is 5.32. The van der Waals surface area contributed by atoms with E-state index in [0.29, 0.717) is 5.92 Å². The Kier molecular flexibility index (Phi) is 11.1. The average Bonchev–Trinajstić information content (AvgIpc) is 3.22. The summed E-state index contributed by atoms with van der Waals surface area (Å²) in [6.45, 7) is 9.14. The second-order valence-corrected chi connectivity index (χ2v) is 10.0. The van der Waals surface area contributed by atoms with Crippen LogP contribution in [0, 0.1) is 0 Å². The fourth-order valence-corrected chi connectivity index (χ4v) is 5.96. The van der Waals surface area contributed by atoms with Gasteiger partial charge in [-0.2, -0.15) is 0 Å². The highest BCUT2D eigenvalue weighted by Crippen LogP contribution is 2.44. The minimum Gasteiger partial charge on any atom is -0.353 e. The van der Waals surface area contributed by atoms with Crippen molar-refractivity contribution in [1.82, 2.24) is 9.80 Å². The van der Waals surface area contributed by atoms with E-state index in [-0.39, 0.29) is 5.66 Å². The first kappa shape index (κ1) is 26.4. The van der Waals surface area contributed by atoms with E-state index in [9.17, 15) is 0 Å². The van der Waals surface area contributed by atoms with Crippen LogP contribution in [0.2, 0.25) is 0 Å². The van der Waals surface area contributed by atoms with Gasteiger partial charge in [0.25, 0.3) is 0 Å². The minimum absolute atomic E-state index is 0.0492. The molecular weight excluding hydrogens is 412 g/mol. The Labute approximate surface area is 210 Å². The molecule has 0 saturated carbocycles. The third-order valence-electron chi connectivity index (χ3n) is 7.74. The van der Waals surface area contributed by atoms with Crippen molar-refractivity contribution in [3.63, 3.8) is 0 Å². The van der Waals surface area contributed by atoms with Crippen molar-refractivity contribution in [1.29, 1.82) is 0 Å². The molecular formula is C32H48N2. The first-order valence-corrected chi connectivity index (χ1v) is 14.1. The van der Waals surface area contributed by atoms with Crippen LogP contribution in [0.1, 0.15) is 102 Å². The van der Waals surface area contributed by atoms with E-state index in [1.165, 1.54) is 68.9 Å². The van der Waals surface area contributed by atoms with Crippen LogP contribution in [0.15, 0.2) is 73.1 Å². The van der Waals surface area contributed by atoms with E-state index in [1.54, 1.807) is 0 Å². The molecule has 2 aromatic carbocycles. The van der Waals surface area contributed by atoms with Gasteiger partial charge >= 0.3 is 0 Å². The third-order valence-corrected chi connectivity index (χ3v) is 7.74. The van der Waals surface area contributed by atoms with Crippen LogP contribution < -0.4 is 0 Å². The fraction of sp³-hybridized carbons (Fsp3) is 0.562. The molecule has 186 valence electrons. The molecule has 2 unspecified atom stereocenters. The third kappa shape index (κ3) is 6.68. The molecule has 0 spiro atoms. The first-order valence-electron chi connectivity index (χ1n) is 14.1. The molecule has 0 aromatic heterocycles. The summed E-state index contributed by atoms with van der Waals surface area (Å²) in [6.07, 6.45) is 19.3. The van der Waals surface area contributed by atoms with Gasteiger partial charge in [0.15, 0.2) is 0 Å². The maximum absolute atomic E-state index is 2.70. The standard InChI is InChI=1S/C32H48N2/c1-4-7-8-9-10-11-12-13-20-25-34-27-26-33(6-3)32(34,28-29-21-16-14-17-22-29)31(5-2)30-23-18-15-19-24-30/h14-19,21-24,26-27,31H,4-13,20,25,28H2,1-3H3. The quantitative estimate of drug-likeness (QED) is 0.231. The van der Waals surface area contributed by atoms with Gasteiger partial charge in [0.05, 0.1) is 0 Å². The second kappa shape index (κ2) is 14.2. The SMILES string of the molecule is CCCCCCCCCCCN1C=CN(CC)C1(Cc1ccccc1)C(CC)c1ccccc1. The van der Waals surface area contributed by atoms with Gasteiger partial charge in [-0.3, -0.25) is 0 Å². The van der Waals surface area contributed by atoms with Gasteiger partial charge in [0, 0.05) is 37.8 Å². The largest absolute Gasteiger partial charge is 0.353 e. The zero-order chi connectivity index (χ0) is 24.1. The Morgan fingerprint density at radius 3 is 1.79 bits per heavy atom. The molecule has 0 amide bonds. The molecule has 0 saturated heterocycles. The van der Waals surface area contributed by atoms with E-state index in [4.69, 9.17) is 0 Å². The summed E-state index contributed by atoms with van der Waals surface area (Å²) in [5, 5.41) is 0. The van der Waals surface area contributed by atoms with E-state index in [1.807, 2.05) is 0 Å². The molecule has 34 heavy (non-hydrogen) atoms. The van der Waals surface area contributed by atoms with E-state index >= 15 is 0 Å². The Morgan fingerprint density at radius 2 is 1.21 bits per heavy atom. The van der Waals surface area contributed by atoms with Crippen LogP contribution in [0.3, 0.4) is 0 Å². The van der Waals surface area contributed by atoms with Gasteiger partial charge in [-0.1, -0.05) is 126 Å².